The fourth-order valence-electron chi connectivity index (χ4n) is 4.28. The van der Waals surface area contributed by atoms with Gasteiger partial charge >= 0.3 is 0 Å². The number of fused-ring (bicyclic) bond motifs is 1. The number of aromatic hydroxyl groups is 8. The summed E-state index contributed by atoms with van der Waals surface area (Å²) in [6.45, 7) is 0. The Bertz CT molecular complexity index is 1590. The number of ether oxygens (including phenoxy) is 1. The quantitative estimate of drug-likeness (QED) is 0.125. The molecule has 1 aliphatic rings. The van der Waals surface area contributed by atoms with Crippen LogP contribution in [0.2, 0.25) is 0 Å². The first-order valence-corrected chi connectivity index (χ1v) is 12.3. The number of carbonyl (C=O) groups is 2. The molecule has 8 N–H and O–H groups in total. The van der Waals surface area contributed by atoms with Crippen LogP contribution in [-0.4, -0.2) is 52.4 Å². The third kappa shape index (κ3) is 6.53. The van der Waals surface area contributed by atoms with Gasteiger partial charge in [-0.1, -0.05) is 18.2 Å². The molecule has 0 aromatic heterocycles. The molecule has 1 atom stereocenters. The van der Waals surface area contributed by atoms with Crippen molar-refractivity contribution in [2.45, 2.75) is 25.4 Å². The molecule has 0 fully saturated rings. The molecule has 0 amide bonds. The molecule has 4 aromatic carbocycles. The van der Waals surface area contributed by atoms with Crippen LogP contribution in [0.3, 0.4) is 0 Å². The van der Waals surface area contributed by atoms with Gasteiger partial charge in [-0.25, -0.2) is 0 Å². The zero-order chi connectivity index (χ0) is 29.8. The highest BCUT2D eigenvalue weighted by Gasteiger charge is 2.31. The molecule has 5 rings (SSSR count). The van der Waals surface area contributed by atoms with Crippen LogP contribution in [0, 0.1) is 0 Å². The van der Waals surface area contributed by atoms with E-state index >= 15 is 0 Å². The molecule has 0 saturated carbocycles. The van der Waals surface area contributed by atoms with Crippen LogP contribution in [0.15, 0.2) is 66.7 Å². The number of aryl methyl sites for hydroxylation is 1. The maximum Gasteiger partial charge on any atom is 0.174 e. The minimum Gasteiger partial charge on any atom is -0.508 e. The van der Waals surface area contributed by atoms with E-state index in [0.717, 1.165) is 23.8 Å². The molecule has 0 unspecified atom stereocenters. The Morgan fingerprint density at radius 3 is 1.93 bits per heavy atom. The molecule has 0 radical (unpaired) electrons. The van der Waals surface area contributed by atoms with Crippen LogP contribution in [0.1, 0.15) is 50.8 Å². The van der Waals surface area contributed by atoms with Gasteiger partial charge < -0.3 is 45.6 Å². The van der Waals surface area contributed by atoms with Crippen LogP contribution in [0.5, 0.6) is 51.7 Å². The van der Waals surface area contributed by atoms with Crippen molar-refractivity contribution < 1.29 is 55.2 Å². The Kier molecular flexibility index (Phi) is 8.08. The molecular weight excluding hydrogens is 536 g/mol. The summed E-state index contributed by atoms with van der Waals surface area (Å²) in [4.78, 5) is 24.1. The Morgan fingerprint density at radius 2 is 1.29 bits per heavy atom. The summed E-state index contributed by atoms with van der Waals surface area (Å²) < 4.78 is 5.61. The number of phenolic OH excluding ortho intramolecular Hbond substituents is 8. The first-order chi connectivity index (χ1) is 19.4. The lowest BCUT2D eigenvalue weighted by atomic mass is 9.95. The number of hydrogen-bond donors (Lipinski definition) is 8. The fraction of sp³-hybridized carbons (Fsp3) is 0.133. The molecule has 0 bridgehead atoms. The molecule has 1 heterocycles. The maximum atomic E-state index is 12.1. The van der Waals surface area contributed by atoms with E-state index in [4.69, 9.17) is 9.84 Å². The fourth-order valence-corrected chi connectivity index (χ4v) is 4.28. The van der Waals surface area contributed by atoms with E-state index in [1.807, 2.05) is 0 Å². The number of ketones is 2. The van der Waals surface area contributed by atoms with Gasteiger partial charge in [-0.2, -0.15) is 0 Å². The third-order valence-electron chi connectivity index (χ3n) is 6.29. The van der Waals surface area contributed by atoms with Gasteiger partial charge in [0.25, 0.3) is 0 Å². The van der Waals surface area contributed by atoms with Crippen molar-refractivity contribution in [2.75, 3.05) is 0 Å². The van der Waals surface area contributed by atoms with E-state index in [9.17, 15) is 45.3 Å². The first kappa shape index (κ1) is 28.4. The van der Waals surface area contributed by atoms with Gasteiger partial charge in [0, 0.05) is 30.7 Å². The second kappa shape index (κ2) is 11.7. The predicted octanol–water partition coefficient (Wildman–Crippen LogP) is 4.54. The molecule has 1 aliphatic heterocycles. The molecule has 41 heavy (non-hydrogen) atoms. The van der Waals surface area contributed by atoms with Crippen LogP contribution in [-0.2, 0) is 6.42 Å². The van der Waals surface area contributed by atoms with E-state index < -0.39 is 23.4 Å². The average molecular weight is 563 g/mol. The number of phenols is 8. The van der Waals surface area contributed by atoms with Crippen molar-refractivity contribution in [3.05, 3.63) is 89.0 Å². The highest BCUT2D eigenvalue weighted by molar-refractivity contribution is 6.03. The highest BCUT2D eigenvalue weighted by atomic mass is 16.5. The standard InChI is InChI=1S/C15H12O6.C15H14O5/c16-8-4-11(19)15-12(20)6-13(21-14(15)5-8)7-1-2-9(17)10(18)3-7;16-10-4-1-9(2-5-10)3-6-12(18)15-13(19)7-11(17)8-14(15)20/h1-5,13,16-19H,6H2;1-2,4-5,7-8,16-17,19-20H,3,6H2/t13-;/m0./s1. The maximum absolute atomic E-state index is 12.1. The molecule has 0 aliphatic carbocycles. The predicted molar refractivity (Wildman–Crippen MR) is 144 cm³/mol. The molecule has 11 nitrogen and oxygen atoms in total. The average Bonchev–Trinajstić information content (AvgIpc) is 2.89. The second-order valence-corrected chi connectivity index (χ2v) is 9.27. The second-order valence-electron chi connectivity index (χ2n) is 9.27. The summed E-state index contributed by atoms with van der Waals surface area (Å²) in [5, 5.41) is 75.5. The third-order valence-corrected chi connectivity index (χ3v) is 6.29. The molecular formula is C30H26O11. The molecule has 4 aromatic rings. The molecule has 11 heteroatoms. The summed E-state index contributed by atoms with van der Waals surface area (Å²) in [7, 11) is 0. The van der Waals surface area contributed by atoms with Crippen LogP contribution in [0.25, 0.3) is 0 Å². The van der Waals surface area contributed by atoms with Crippen molar-refractivity contribution in [1.82, 2.24) is 0 Å². The van der Waals surface area contributed by atoms with Gasteiger partial charge in [0.2, 0.25) is 0 Å². The highest BCUT2D eigenvalue weighted by Crippen LogP contribution is 2.42. The van der Waals surface area contributed by atoms with Crippen LogP contribution >= 0.6 is 0 Å². The van der Waals surface area contributed by atoms with Crippen molar-refractivity contribution >= 4 is 11.6 Å². The van der Waals surface area contributed by atoms with Crippen molar-refractivity contribution in [3.63, 3.8) is 0 Å². The minimum atomic E-state index is -0.669. The van der Waals surface area contributed by atoms with Crippen molar-refractivity contribution in [2.24, 2.45) is 0 Å². The van der Waals surface area contributed by atoms with Gasteiger partial charge in [0.05, 0.1) is 6.42 Å². The smallest absolute Gasteiger partial charge is 0.174 e. The largest absolute Gasteiger partial charge is 0.508 e. The van der Waals surface area contributed by atoms with Crippen molar-refractivity contribution in [3.8, 4) is 51.7 Å². The van der Waals surface area contributed by atoms with E-state index in [1.54, 1.807) is 12.1 Å². The molecule has 0 spiro atoms. The van der Waals surface area contributed by atoms with Crippen LogP contribution < -0.4 is 4.74 Å². The summed E-state index contributed by atoms with van der Waals surface area (Å²) in [6.07, 6.45) is -0.178. The number of rotatable bonds is 5. The number of carbonyl (C=O) groups excluding carboxylic acids is 2. The van der Waals surface area contributed by atoms with Gasteiger partial charge in [-0.15, -0.1) is 0 Å². The number of benzene rings is 4. The lowest BCUT2D eigenvalue weighted by Gasteiger charge is -2.26. The summed E-state index contributed by atoms with van der Waals surface area (Å²) in [5.41, 5.74) is 1.20. The van der Waals surface area contributed by atoms with E-state index in [2.05, 4.69) is 0 Å². The SMILES string of the molecule is O=C(CCc1ccc(O)cc1)c1c(O)cc(O)cc1O.O=C1C[C@@H](c2ccc(O)c(O)c2)Oc2cc(O)cc(O)c21. The number of Topliss-reactive ketones (excluding diaryl/α,β-unsaturated/α-hetero) is 2. The van der Waals surface area contributed by atoms with E-state index in [1.165, 1.54) is 36.4 Å². The Hall–Kier alpha value is -5.58. The summed E-state index contributed by atoms with van der Waals surface area (Å²) in [5.74, 6) is -2.85. The van der Waals surface area contributed by atoms with Crippen molar-refractivity contribution in [1.29, 1.82) is 0 Å². The number of hydrogen-bond acceptors (Lipinski definition) is 11. The summed E-state index contributed by atoms with van der Waals surface area (Å²) >= 11 is 0. The lowest BCUT2D eigenvalue weighted by Crippen LogP contribution is -2.20. The van der Waals surface area contributed by atoms with E-state index in [-0.39, 0.29) is 70.0 Å². The van der Waals surface area contributed by atoms with Crippen LogP contribution in [0.4, 0.5) is 0 Å². The van der Waals surface area contributed by atoms with Gasteiger partial charge in [0.1, 0.15) is 57.5 Å². The first-order valence-electron chi connectivity index (χ1n) is 12.3. The molecule has 0 saturated heterocycles. The zero-order valence-electron chi connectivity index (χ0n) is 21.4. The van der Waals surface area contributed by atoms with Gasteiger partial charge in [-0.3, -0.25) is 9.59 Å². The minimum absolute atomic E-state index is 0.0183. The zero-order valence-corrected chi connectivity index (χ0v) is 21.4. The topological polar surface area (TPSA) is 205 Å². The lowest BCUT2D eigenvalue weighted by molar-refractivity contribution is 0.0843. The monoisotopic (exact) mass is 562 g/mol. The Labute approximate surface area is 233 Å². The summed E-state index contributed by atoms with van der Waals surface area (Å²) in [6, 6.07) is 14.9. The van der Waals surface area contributed by atoms with E-state index in [0.29, 0.717) is 12.0 Å². The molecule has 212 valence electrons. The van der Waals surface area contributed by atoms with Gasteiger partial charge in [0.15, 0.2) is 23.1 Å². The Balaban J connectivity index is 0.000000189. The Morgan fingerprint density at radius 1 is 0.683 bits per heavy atom. The normalized spacial score (nSPS) is 13.9. The van der Waals surface area contributed by atoms with Gasteiger partial charge in [-0.05, 0) is 41.8 Å².